The van der Waals surface area contributed by atoms with E-state index in [0.29, 0.717) is 12.6 Å². The molecule has 0 aliphatic rings. The van der Waals surface area contributed by atoms with Gasteiger partial charge in [-0.15, -0.1) is 35.3 Å². The average Bonchev–Trinajstić information content (AvgIpc) is 3.13. The highest BCUT2D eigenvalue weighted by Crippen LogP contribution is 2.12. The van der Waals surface area contributed by atoms with Crippen molar-refractivity contribution in [1.82, 2.24) is 20.5 Å². The molecule has 150 valence electrons. The molecule has 0 saturated carbocycles. The number of guanidine groups is 1. The summed E-state index contributed by atoms with van der Waals surface area (Å²) in [4.78, 5) is 12.4. The Hall–Kier alpha value is -1.19. The molecule has 0 aliphatic carbocycles. The average molecular weight is 501 g/mol. The Morgan fingerprint density at radius 1 is 1.26 bits per heavy atom. The number of halogens is 1. The van der Waals surface area contributed by atoms with Gasteiger partial charge in [0.05, 0.1) is 6.54 Å². The van der Waals surface area contributed by atoms with Crippen LogP contribution in [0.25, 0.3) is 0 Å². The summed E-state index contributed by atoms with van der Waals surface area (Å²) in [6.45, 7) is 6.99. The number of aryl methyl sites for hydroxylation is 1. The molecule has 1 aromatic carbocycles. The van der Waals surface area contributed by atoms with Crippen molar-refractivity contribution in [2.24, 2.45) is 4.99 Å². The number of aromatic nitrogens is 1. The summed E-state index contributed by atoms with van der Waals surface area (Å²) in [6, 6.07) is 11.1. The number of hydrogen-bond donors (Lipinski definition) is 2. The van der Waals surface area contributed by atoms with Gasteiger partial charge in [-0.05, 0) is 32.4 Å². The fourth-order valence-electron chi connectivity index (χ4n) is 2.62. The van der Waals surface area contributed by atoms with E-state index in [0.717, 1.165) is 36.9 Å². The van der Waals surface area contributed by atoms with Gasteiger partial charge in [-0.3, -0.25) is 9.89 Å². The van der Waals surface area contributed by atoms with Crippen LogP contribution in [0.15, 0.2) is 41.5 Å². The molecule has 1 aromatic heterocycles. The van der Waals surface area contributed by atoms with Crippen molar-refractivity contribution in [2.45, 2.75) is 45.8 Å². The van der Waals surface area contributed by atoms with Crippen molar-refractivity contribution < 1.29 is 0 Å². The van der Waals surface area contributed by atoms with E-state index < -0.39 is 0 Å². The zero-order valence-electron chi connectivity index (χ0n) is 16.7. The molecule has 0 bridgehead atoms. The van der Waals surface area contributed by atoms with Crippen LogP contribution in [-0.4, -0.2) is 42.5 Å². The second kappa shape index (κ2) is 13.1. The van der Waals surface area contributed by atoms with Crippen molar-refractivity contribution in [2.75, 3.05) is 20.6 Å². The van der Waals surface area contributed by atoms with E-state index in [4.69, 9.17) is 0 Å². The maximum Gasteiger partial charge on any atom is 0.191 e. The maximum atomic E-state index is 4.43. The summed E-state index contributed by atoms with van der Waals surface area (Å²) in [6.07, 6.45) is 4.06. The SMILES string of the molecule is CCc1cnc(CNC(=NC)NCCC(C)N(C)Cc2ccccc2)s1.I. The van der Waals surface area contributed by atoms with Crippen LogP contribution in [0.4, 0.5) is 0 Å². The van der Waals surface area contributed by atoms with E-state index in [1.54, 1.807) is 18.4 Å². The molecule has 1 heterocycles. The van der Waals surface area contributed by atoms with Crippen LogP contribution >= 0.6 is 35.3 Å². The monoisotopic (exact) mass is 501 g/mol. The van der Waals surface area contributed by atoms with Crippen molar-refractivity contribution >= 4 is 41.3 Å². The van der Waals surface area contributed by atoms with Crippen molar-refractivity contribution in [1.29, 1.82) is 0 Å². The zero-order chi connectivity index (χ0) is 18.8. The Morgan fingerprint density at radius 2 is 2.00 bits per heavy atom. The lowest BCUT2D eigenvalue weighted by atomic mass is 10.1. The summed E-state index contributed by atoms with van der Waals surface area (Å²) in [5, 5.41) is 7.84. The minimum Gasteiger partial charge on any atom is -0.356 e. The second-order valence-corrected chi connectivity index (χ2v) is 7.66. The van der Waals surface area contributed by atoms with Crippen LogP contribution in [0.2, 0.25) is 0 Å². The zero-order valence-corrected chi connectivity index (χ0v) is 19.9. The van der Waals surface area contributed by atoms with Crippen molar-refractivity contribution in [3.8, 4) is 0 Å². The first kappa shape index (κ1) is 23.8. The second-order valence-electron chi connectivity index (χ2n) is 6.46. The van der Waals surface area contributed by atoms with Crippen LogP contribution in [0, 0.1) is 0 Å². The molecule has 1 atom stereocenters. The molecule has 0 amide bonds. The first-order chi connectivity index (χ1) is 12.6. The third kappa shape index (κ3) is 8.57. The van der Waals surface area contributed by atoms with E-state index >= 15 is 0 Å². The Balaban J connectivity index is 0.00000364. The van der Waals surface area contributed by atoms with Gasteiger partial charge in [0.1, 0.15) is 5.01 Å². The number of rotatable bonds is 9. The fourth-order valence-corrected chi connectivity index (χ4v) is 3.42. The minimum atomic E-state index is 0. The molecule has 7 heteroatoms. The molecule has 2 rings (SSSR count). The minimum absolute atomic E-state index is 0. The van der Waals surface area contributed by atoms with Crippen LogP contribution in [0.3, 0.4) is 0 Å². The molecule has 0 fully saturated rings. The number of thiazole rings is 1. The van der Waals surface area contributed by atoms with E-state index in [-0.39, 0.29) is 24.0 Å². The molecule has 27 heavy (non-hydrogen) atoms. The van der Waals surface area contributed by atoms with Gasteiger partial charge in [0.25, 0.3) is 0 Å². The predicted molar refractivity (Wildman–Crippen MR) is 127 cm³/mol. The van der Waals surface area contributed by atoms with Crippen LogP contribution in [0.5, 0.6) is 0 Å². The summed E-state index contributed by atoms with van der Waals surface area (Å²) in [5.74, 6) is 0.830. The molecule has 1 unspecified atom stereocenters. The van der Waals surface area contributed by atoms with Crippen LogP contribution in [-0.2, 0) is 19.5 Å². The van der Waals surface area contributed by atoms with E-state index in [9.17, 15) is 0 Å². The molecular formula is C20H32IN5S. The molecular weight excluding hydrogens is 469 g/mol. The van der Waals surface area contributed by atoms with E-state index in [1.807, 2.05) is 6.20 Å². The number of nitrogens with zero attached hydrogens (tertiary/aromatic N) is 3. The summed E-state index contributed by atoms with van der Waals surface area (Å²) in [7, 11) is 3.98. The smallest absolute Gasteiger partial charge is 0.191 e. The van der Waals surface area contributed by atoms with Gasteiger partial charge in [0.2, 0.25) is 0 Å². The van der Waals surface area contributed by atoms with Gasteiger partial charge in [-0.2, -0.15) is 0 Å². The lowest BCUT2D eigenvalue weighted by Gasteiger charge is -2.25. The quantitative estimate of drug-likeness (QED) is 0.311. The van der Waals surface area contributed by atoms with Crippen molar-refractivity contribution in [3.05, 3.63) is 52.0 Å². The standard InChI is InChI=1S/C20H31N5S.HI/c1-5-18-13-23-19(26-18)14-24-20(21-3)22-12-11-16(2)25(4)15-17-9-7-6-8-10-17;/h6-10,13,16H,5,11-12,14-15H2,1-4H3,(H2,21,22,24);1H. The van der Waals surface area contributed by atoms with Gasteiger partial charge in [0, 0.05) is 37.3 Å². The molecule has 0 aliphatic heterocycles. The first-order valence-corrected chi connectivity index (χ1v) is 10.1. The topological polar surface area (TPSA) is 52.6 Å². The Bertz CT molecular complexity index is 674. The largest absolute Gasteiger partial charge is 0.356 e. The molecule has 2 aromatic rings. The lowest BCUT2D eigenvalue weighted by Crippen LogP contribution is -2.39. The Kier molecular flexibility index (Phi) is 11.5. The lowest BCUT2D eigenvalue weighted by molar-refractivity contribution is 0.238. The predicted octanol–water partition coefficient (Wildman–Crippen LogP) is 3.90. The number of aliphatic imine (C=N–C) groups is 1. The number of benzene rings is 1. The highest BCUT2D eigenvalue weighted by atomic mass is 127. The fraction of sp³-hybridized carbons (Fsp3) is 0.500. The van der Waals surface area contributed by atoms with E-state index in [2.05, 4.69) is 76.7 Å². The van der Waals surface area contributed by atoms with E-state index in [1.165, 1.54) is 10.4 Å². The van der Waals surface area contributed by atoms with Gasteiger partial charge in [-0.1, -0.05) is 37.3 Å². The normalized spacial score (nSPS) is 12.6. The molecule has 0 saturated heterocycles. The number of nitrogens with one attached hydrogen (secondary N) is 2. The summed E-state index contributed by atoms with van der Waals surface area (Å²) in [5.41, 5.74) is 1.35. The molecule has 0 radical (unpaired) electrons. The van der Waals surface area contributed by atoms with Gasteiger partial charge in [0.15, 0.2) is 5.96 Å². The molecule has 0 spiro atoms. The third-order valence-corrected chi connectivity index (χ3v) is 5.60. The van der Waals surface area contributed by atoms with Gasteiger partial charge >= 0.3 is 0 Å². The first-order valence-electron chi connectivity index (χ1n) is 9.24. The third-order valence-electron chi connectivity index (χ3n) is 4.46. The molecule has 5 nitrogen and oxygen atoms in total. The van der Waals surface area contributed by atoms with Crippen LogP contribution in [0.1, 0.15) is 35.7 Å². The summed E-state index contributed by atoms with van der Waals surface area (Å²) >= 11 is 1.76. The van der Waals surface area contributed by atoms with Gasteiger partial charge < -0.3 is 10.6 Å². The highest BCUT2D eigenvalue weighted by molar-refractivity contribution is 14.0. The number of hydrogen-bond acceptors (Lipinski definition) is 4. The molecule has 2 N–H and O–H groups in total. The van der Waals surface area contributed by atoms with Crippen molar-refractivity contribution in [3.63, 3.8) is 0 Å². The Morgan fingerprint density at radius 3 is 2.63 bits per heavy atom. The van der Waals surface area contributed by atoms with Crippen LogP contribution < -0.4 is 10.6 Å². The summed E-state index contributed by atoms with van der Waals surface area (Å²) < 4.78 is 0. The highest BCUT2D eigenvalue weighted by Gasteiger charge is 2.10. The maximum absolute atomic E-state index is 4.43. The van der Waals surface area contributed by atoms with Gasteiger partial charge in [-0.25, -0.2) is 4.98 Å². The Labute approximate surface area is 184 Å².